The number of nitrogens with one attached hydrogen (secondary N) is 1. The molecular formula is C33H41FN4O6. The van der Waals surface area contributed by atoms with Gasteiger partial charge in [0.25, 0.3) is 0 Å². The van der Waals surface area contributed by atoms with E-state index in [9.17, 15) is 23.6 Å². The monoisotopic (exact) mass is 608 g/mol. The second-order valence-corrected chi connectivity index (χ2v) is 13.7. The highest BCUT2D eigenvalue weighted by atomic mass is 19.1. The molecule has 1 aromatic rings. The van der Waals surface area contributed by atoms with Gasteiger partial charge in [0.1, 0.15) is 29.1 Å². The quantitative estimate of drug-likeness (QED) is 0.481. The summed E-state index contributed by atoms with van der Waals surface area (Å²) < 4.78 is 25.7. The topological polar surface area (TPSA) is 118 Å². The Labute approximate surface area is 257 Å². The van der Waals surface area contributed by atoms with Crippen LogP contribution in [0.2, 0.25) is 0 Å². The maximum atomic E-state index is 14.3. The van der Waals surface area contributed by atoms with Crippen LogP contribution < -0.4 is 5.32 Å². The first kappa shape index (κ1) is 30.3. The predicted molar refractivity (Wildman–Crippen MR) is 159 cm³/mol. The third kappa shape index (κ3) is 6.10. The molecule has 5 aliphatic rings. The smallest absolute Gasteiger partial charge is 0.410 e. The van der Waals surface area contributed by atoms with E-state index in [-0.39, 0.29) is 55.9 Å². The zero-order valence-electron chi connectivity index (χ0n) is 25.6. The van der Waals surface area contributed by atoms with Crippen LogP contribution in [-0.2, 0) is 32.2 Å². The SMILES string of the molecule is CC(C)(C)OC(=O)N[C@H]1CCCCC/C=C\[C@@H]2C[C@@]23N=C(CC3=O)[C@@H]2C[C@@H](OC(=O)N3Cc4cccc(F)c4C3)CN2C1=O. The minimum absolute atomic E-state index is 0.0578. The van der Waals surface area contributed by atoms with Crippen LogP contribution in [0.5, 0.6) is 0 Å². The summed E-state index contributed by atoms with van der Waals surface area (Å²) in [6.45, 7) is 5.73. The molecule has 0 aromatic heterocycles. The molecule has 236 valence electrons. The predicted octanol–water partition coefficient (Wildman–Crippen LogP) is 4.83. The molecule has 0 unspecified atom stereocenters. The molecule has 11 heteroatoms. The Hall–Kier alpha value is -3.76. The van der Waals surface area contributed by atoms with Crippen molar-refractivity contribution in [3.63, 3.8) is 0 Å². The van der Waals surface area contributed by atoms with Crippen LogP contribution in [-0.4, -0.2) is 75.3 Å². The molecule has 5 atom stereocenters. The van der Waals surface area contributed by atoms with Crippen molar-refractivity contribution in [3.05, 3.63) is 47.3 Å². The van der Waals surface area contributed by atoms with Gasteiger partial charge in [-0.05, 0) is 58.1 Å². The van der Waals surface area contributed by atoms with Crippen molar-refractivity contribution in [1.29, 1.82) is 0 Å². The second-order valence-electron chi connectivity index (χ2n) is 13.7. The van der Waals surface area contributed by atoms with E-state index in [2.05, 4.69) is 17.5 Å². The Morgan fingerprint density at radius 3 is 2.73 bits per heavy atom. The standard InChI is InChI=1S/C33H41FN4O6/c1-32(2,3)44-30(41)35-25-13-8-6-4-5-7-11-21-16-33(21)28(39)15-26(36-33)27-14-22(18-38(27)29(25)40)43-31(42)37-17-20-10-9-12-24(34)23(20)19-37/h7,9-12,21-22,25,27H,4-6,8,13-19H2,1-3H3,(H,35,41)/b11-7-/t21-,22-,25+,27+,33-/m1/s1. The number of aliphatic imine (C=N–C) groups is 1. The van der Waals surface area contributed by atoms with E-state index >= 15 is 0 Å². The van der Waals surface area contributed by atoms with Crippen molar-refractivity contribution in [3.8, 4) is 0 Å². The number of rotatable bonds is 2. The molecule has 10 nitrogen and oxygen atoms in total. The van der Waals surface area contributed by atoms with Gasteiger partial charge in [-0.25, -0.2) is 14.0 Å². The number of ether oxygens (including phenoxy) is 2. The summed E-state index contributed by atoms with van der Waals surface area (Å²) in [6.07, 6.45) is 7.25. The van der Waals surface area contributed by atoms with Gasteiger partial charge in [-0.1, -0.05) is 37.1 Å². The number of Topliss-reactive ketones (excluding diaryl/α,β-unsaturated/α-hetero) is 1. The van der Waals surface area contributed by atoms with Crippen LogP contribution in [0.4, 0.5) is 14.0 Å². The summed E-state index contributed by atoms with van der Waals surface area (Å²) in [7, 11) is 0. The maximum Gasteiger partial charge on any atom is 0.410 e. The first-order chi connectivity index (χ1) is 20.9. The number of carbonyl (C=O) groups is 4. The number of benzene rings is 1. The molecule has 6 rings (SSSR count). The first-order valence-electron chi connectivity index (χ1n) is 15.7. The van der Waals surface area contributed by atoms with E-state index in [1.165, 1.54) is 11.0 Å². The minimum Gasteiger partial charge on any atom is -0.444 e. The zero-order chi connectivity index (χ0) is 31.2. The fraction of sp³-hybridized carbons (Fsp3) is 0.606. The van der Waals surface area contributed by atoms with E-state index in [1.54, 1.807) is 37.8 Å². The van der Waals surface area contributed by atoms with E-state index in [0.717, 1.165) is 31.2 Å². The fourth-order valence-electron chi connectivity index (χ4n) is 6.95. The summed E-state index contributed by atoms with van der Waals surface area (Å²) in [5, 5.41) is 2.79. The second kappa shape index (κ2) is 11.6. The molecule has 2 bridgehead atoms. The van der Waals surface area contributed by atoms with Gasteiger partial charge in [0.2, 0.25) is 5.91 Å². The first-order valence-corrected chi connectivity index (χ1v) is 15.7. The van der Waals surface area contributed by atoms with Crippen LogP contribution in [0.25, 0.3) is 0 Å². The van der Waals surface area contributed by atoms with Crippen molar-refractivity contribution in [2.75, 3.05) is 6.54 Å². The Morgan fingerprint density at radius 2 is 1.95 bits per heavy atom. The number of amides is 3. The lowest BCUT2D eigenvalue weighted by Gasteiger charge is -2.30. The van der Waals surface area contributed by atoms with Crippen molar-refractivity contribution >= 4 is 29.6 Å². The molecular weight excluding hydrogens is 567 g/mol. The Bertz CT molecular complexity index is 1420. The van der Waals surface area contributed by atoms with Gasteiger partial charge >= 0.3 is 12.2 Å². The number of allylic oxidation sites excluding steroid dienone is 1. The van der Waals surface area contributed by atoms with Crippen molar-refractivity contribution in [2.45, 2.75) is 115 Å². The Morgan fingerprint density at radius 1 is 1.14 bits per heavy atom. The normalized spacial score (nSPS) is 30.8. The number of hydrogen-bond donors (Lipinski definition) is 1. The molecule has 4 heterocycles. The fourth-order valence-corrected chi connectivity index (χ4v) is 6.95. The van der Waals surface area contributed by atoms with Crippen molar-refractivity contribution < 1.29 is 33.0 Å². The highest BCUT2D eigenvalue weighted by molar-refractivity contribution is 6.16. The highest BCUT2D eigenvalue weighted by Gasteiger charge is 2.62. The molecule has 3 amide bonds. The van der Waals surface area contributed by atoms with Crippen LogP contribution in [0.15, 0.2) is 35.3 Å². The maximum absolute atomic E-state index is 14.3. The summed E-state index contributed by atoms with van der Waals surface area (Å²) in [5.41, 5.74) is 0.353. The molecule has 1 saturated carbocycles. The van der Waals surface area contributed by atoms with Gasteiger partial charge in [0.15, 0.2) is 5.78 Å². The molecule has 1 saturated heterocycles. The number of ketones is 1. The van der Waals surface area contributed by atoms with Crippen molar-refractivity contribution in [1.82, 2.24) is 15.1 Å². The van der Waals surface area contributed by atoms with E-state index in [4.69, 9.17) is 14.5 Å². The Balaban J connectivity index is 1.24. The van der Waals surface area contributed by atoms with Gasteiger partial charge in [0.05, 0.1) is 19.1 Å². The molecule has 2 fully saturated rings. The lowest BCUT2D eigenvalue weighted by Crippen LogP contribution is -2.52. The average molecular weight is 609 g/mol. The van der Waals surface area contributed by atoms with Crippen LogP contribution in [0.3, 0.4) is 0 Å². The van der Waals surface area contributed by atoms with Crippen molar-refractivity contribution in [2.24, 2.45) is 10.9 Å². The van der Waals surface area contributed by atoms with Crippen LogP contribution in [0, 0.1) is 11.7 Å². The summed E-state index contributed by atoms with van der Waals surface area (Å²) in [6, 6.07) is 3.39. The molecule has 1 N–H and O–H groups in total. The van der Waals surface area contributed by atoms with Gasteiger partial charge in [0, 0.05) is 36.6 Å². The van der Waals surface area contributed by atoms with E-state index in [0.29, 0.717) is 24.1 Å². The third-order valence-electron chi connectivity index (χ3n) is 9.26. The molecule has 44 heavy (non-hydrogen) atoms. The minimum atomic E-state index is -0.848. The Kier molecular flexibility index (Phi) is 8.00. The third-order valence-corrected chi connectivity index (χ3v) is 9.26. The van der Waals surface area contributed by atoms with Gasteiger partial charge in [-0.2, -0.15) is 0 Å². The van der Waals surface area contributed by atoms with E-state index in [1.807, 2.05) is 0 Å². The number of halogens is 1. The lowest BCUT2D eigenvalue weighted by molar-refractivity contribution is -0.134. The summed E-state index contributed by atoms with van der Waals surface area (Å²) >= 11 is 0. The number of nitrogens with zero attached hydrogens (tertiary/aromatic N) is 3. The highest BCUT2D eigenvalue weighted by Crippen LogP contribution is 2.53. The van der Waals surface area contributed by atoms with Crippen LogP contribution >= 0.6 is 0 Å². The molecule has 1 spiro atoms. The summed E-state index contributed by atoms with van der Waals surface area (Å²) in [4.78, 5) is 61.5. The molecule has 1 aromatic carbocycles. The molecule has 4 aliphatic heterocycles. The van der Waals surface area contributed by atoms with Gasteiger partial charge in [-0.15, -0.1) is 0 Å². The van der Waals surface area contributed by atoms with Gasteiger partial charge in [-0.3, -0.25) is 19.5 Å². The zero-order valence-corrected chi connectivity index (χ0v) is 25.6. The largest absolute Gasteiger partial charge is 0.444 e. The number of fused-ring (bicyclic) bond motifs is 3. The molecule has 0 radical (unpaired) electrons. The number of carbonyl (C=O) groups excluding carboxylic acids is 4. The molecule has 1 aliphatic carbocycles. The number of hydrogen-bond acceptors (Lipinski definition) is 7. The van der Waals surface area contributed by atoms with Gasteiger partial charge < -0.3 is 19.7 Å². The van der Waals surface area contributed by atoms with Crippen LogP contribution in [0.1, 0.15) is 83.3 Å². The number of alkyl carbamates (subject to hydrolysis) is 1. The lowest BCUT2D eigenvalue weighted by atomic mass is 10.0. The average Bonchev–Trinajstić information content (AvgIpc) is 3.24. The summed E-state index contributed by atoms with van der Waals surface area (Å²) in [5.74, 6) is -0.547. The van der Waals surface area contributed by atoms with E-state index < -0.39 is 41.5 Å².